The summed E-state index contributed by atoms with van der Waals surface area (Å²) in [5, 5.41) is 12.1. The molecule has 0 aliphatic carbocycles. The zero-order valence-electron chi connectivity index (χ0n) is 12.3. The highest BCUT2D eigenvalue weighted by Gasteiger charge is 2.27. The van der Waals surface area contributed by atoms with E-state index in [1.165, 1.54) is 5.39 Å². The highest BCUT2D eigenvalue weighted by Crippen LogP contribution is 2.21. The molecule has 3 rings (SSSR count). The second-order valence-electron chi connectivity index (χ2n) is 5.99. The van der Waals surface area contributed by atoms with Gasteiger partial charge in [-0.25, -0.2) is 0 Å². The molecule has 110 valence electrons. The Labute approximate surface area is 125 Å². The van der Waals surface area contributed by atoms with Crippen LogP contribution in [-0.4, -0.2) is 35.1 Å². The molecule has 0 radical (unpaired) electrons. The van der Waals surface area contributed by atoms with Gasteiger partial charge in [0, 0.05) is 13.1 Å². The van der Waals surface area contributed by atoms with Crippen LogP contribution in [-0.2, 0) is 11.2 Å². The Hall–Kier alpha value is -1.87. The van der Waals surface area contributed by atoms with Crippen LogP contribution in [0.5, 0.6) is 0 Å². The summed E-state index contributed by atoms with van der Waals surface area (Å²) in [7, 11) is 0. The standard InChI is InChI=1S/C18H21NO2/c1-13-12-19(10-9-17(13)20)18(21)11-15-7-4-6-14-5-2-3-8-16(14)15/h2-8,13,17,20H,9-12H2,1H3. The molecular weight excluding hydrogens is 262 g/mol. The van der Waals surface area contributed by atoms with Gasteiger partial charge in [0.15, 0.2) is 0 Å². The summed E-state index contributed by atoms with van der Waals surface area (Å²) in [6.07, 6.45) is 0.846. The first-order valence-electron chi connectivity index (χ1n) is 7.57. The molecule has 1 amide bonds. The van der Waals surface area contributed by atoms with Crippen LogP contribution < -0.4 is 0 Å². The first-order chi connectivity index (χ1) is 10.1. The maximum absolute atomic E-state index is 12.5. The van der Waals surface area contributed by atoms with Crippen molar-refractivity contribution in [3.8, 4) is 0 Å². The summed E-state index contributed by atoms with van der Waals surface area (Å²) in [5.41, 5.74) is 1.08. The van der Waals surface area contributed by atoms with E-state index in [1.807, 2.05) is 36.1 Å². The molecule has 2 atom stereocenters. The zero-order chi connectivity index (χ0) is 14.8. The third-order valence-corrected chi connectivity index (χ3v) is 4.43. The van der Waals surface area contributed by atoms with E-state index in [2.05, 4.69) is 18.2 Å². The van der Waals surface area contributed by atoms with Crippen molar-refractivity contribution < 1.29 is 9.90 Å². The summed E-state index contributed by atoms with van der Waals surface area (Å²) in [4.78, 5) is 14.4. The van der Waals surface area contributed by atoms with Gasteiger partial charge in [-0.2, -0.15) is 0 Å². The number of piperidine rings is 1. The Bertz CT molecular complexity index is 647. The lowest BCUT2D eigenvalue weighted by molar-refractivity contribution is -0.133. The summed E-state index contributed by atoms with van der Waals surface area (Å²) >= 11 is 0. The zero-order valence-corrected chi connectivity index (χ0v) is 12.3. The molecule has 3 heteroatoms. The largest absolute Gasteiger partial charge is 0.393 e. The number of nitrogens with zero attached hydrogens (tertiary/aromatic N) is 1. The number of benzene rings is 2. The van der Waals surface area contributed by atoms with Gasteiger partial charge in [-0.1, -0.05) is 49.4 Å². The fraction of sp³-hybridized carbons (Fsp3) is 0.389. The van der Waals surface area contributed by atoms with E-state index in [-0.39, 0.29) is 17.9 Å². The highest BCUT2D eigenvalue weighted by molar-refractivity contribution is 5.90. The van der Waals surface area contributed by atoms with E-state index in [9.17, 15) is 9.90 Å². The molecule has 3 nitrogen and oxygen atoms in total. The molecule has 1 heterocycles. The van der Waals surface area contributed by atoms with Gasteiger partial charge in [0.25, 0.3) is 0 Å². The maximum Gasteiger partial charge on any atom is 0.227 e. The number of carbonyl (C=O) groups is 1. The lowest BCUT2D eigenvalue weighted by Crippen LogP contribution is -2.45. The van der Waals surface area contributed by atoms with E-state index >= 15 is 0 Å². The number of hydrogen-bond acceptors (Lipinski definition) is 2. The van der Waals surface area contributed by atoms with Crippen LogP contribution in [0.25, 0.3) is 10.8 Å². The fourth-order valence-corrected chi connectivity index (χ4v) is 3.08. The molecule has 0 bridgehead atoms. The molecule has 2 unspecified atom stereocenters. The van der Waals surface area contributed by atoms with Crippen molar-refractivity contribution in [1.29, 1.82) is 0 Å². The van der Waals surface area contributed by atoms with Crippen LogP contribution in [0.1, 0.15) is 18.9 Å². The summed E-state index contributed by atoms with van der Waals surface area (Å²) < 4.78 is 0. The van der Waals surface area contributed by atoms with E-state index in [0.29, 0.717) is 25.9 Å². The molecule has 2 aromatic rings. The van der Waals surface area contributed by atoms with E-state index in [0.717, 1.165) is 10.9 Å². The van der Waals surface area contributed by atoms with Crippen molar-refractivity contribution in [2.75, 3.05) is 13.1 Å². The summed E-state index contributed by atoms with van der Waals surface area (Å²) in [6.45, 7) is 3.32. The third kappa shape index (κ3) is 2.93. The third-order valence-electron chi connectivity index (χ3n) is 4.43. The van der Waals surface area contributed by atoms with Gasteiger partial charge in [-0.05, 0) is 28.7 Å². The summed E-state index contributed by atoms with van der Waals surface area (Å²) in [5.74, 6) is 0.320. The average molecular weight is 283 g/mol. The Morgan fingerprint density at radius 1 is 1.24 bits per heavy atom. The Morgan fingerprint density at radius 3 is 2.81 bits per heavy atom. The Morgan fingerprint density at radius 2 is 2.00 bits per heavy atom. The topological polar surface area (TPSA) is 40.5 Å². The van der Waals surface area contributed by atoms with Gasteiger partial charge in [0.2, 0.25) is 5.91 Å². The van der Waals surface area contributed by atoms with Gasteiger partial charge in [-0.3, -0.25) is 4.79 Å². The van der Waals surface area contributed by atoms with Crippen LogP contribution in [0.2, 0.25) is 0 Å². The fourth-order valence-electron chi connectivity index (χ4n) is 3.08. The quantitative estimate of drug-likeness (QED) is 0.920. The molecular formula is C18H21NO2. The van der Waals surface area contributed by atoms with Crippen molar-refractivity contribution >= 4 is 16.7 Å². The van der Waals surface area contributed by atoms with Crippen molar-refractivity contribution in [1.82, 2.24) is 4.90 Å². The number of aliphatic hydroxyl groups excluding tert-OH is 1. The highest BCUT2D eigenvalue weighted by atomic mass is 16.3. The molecule has 0 spiro atoms. The van der Waals surface area contributed by atoms with E-state index in [4.69, 9.17) is 0 Å². The second kappa shape index (κ2) is 5.86. The second-order valence-corrected chi connectivity index (χ2v) is 5.99. The number of fused-ring (bicyclic) bond motifs is 1. The van der Waals surface area contributed by atoms with E-state index in [1.54, 1.807) is 0 Å². The first-order valence-corrected chi connectivity index (χ1v) is 7.57. The SMILES string of the molecule is CC1CN(C(=O)Cc2cccc3ccccc23)CCC1O. The number of carbonyl (C=O) groups excluding carboxylic acids is 1. The van der Waals surface area contributed by atoms with Crippen molar-refractivity contribution in [3.63, 3.8) is 0 Å². The van der Waals surface area contributed by atoms with Crippen LogP contribution >= 0.6 is 0 Å². The molecule has 21 heavy (non-hydrogen) atoms. The molecule has 0 aromatic heterocycles. The van der Waals surface area contributed by atoms with Crippen LogP contribution in [0.15, 0.2) is 42.5 Å². The Kier molecular flexibility index (Phi) is 3.93. The monoisotopic (exact) mass is 283 g/mol. The smallest absolute Gasteiger partial charge is 0.227 e. The van der Waals surface area contributed by atoms with Crippen LogP contribution in [0, 0.1) is 5.92 Å². The van der Waals surface area contributed by atoms with Gasteiger partial charge in [0.05, 0.1) is 12.5 Å². The van der Waals surface area contributed by atoms with Gasteiger partial charge in [0.1, 0.15) is 0 Å². The maximum atomic E-state index is 12.5. The molecule has 1 aliphatic heterocycles. The minimum atomic E-state index is -0.272. The number of rotatable bonds is 2. The minimum absolute atomic E-state index is 0.158. The first kappa shape index (κ1) is 14.1. The van der Waals surface area contributed by atoms with Crippen LogP contribution in [0.4, 0.5) is 0 Å². The Balaban J connectivity index is 1.78. The lowest BCUT2D eigenvalue weighted by Gasteiger charge is -2.34. The van der Waals surface area contributed by atoms with Crippen molar-refractivity contribution in [2.24, 2.45) is 5.92 Å². The number of likely N-dealkylation sites (tertiary alicyclic amines) is 1. The lowest BCUT2D eigenvalue weighted by atomic mass is 9.95. The minimum Gasteiger partial charge on any atom is -0.393 e. The number of aliphatic hydroxyl groups is 1. The molecule has 1 fully saturated rings. The van der Waals surface area contributed by atoms with Crippen LogP contribution in [0.3, 0.4) is 0 Å². The van der Waals surface area contributed by atoms with Gasteiger partial charge < -0.3 is 10.0 Å². The molecule has 0 saturated carbocycles. The molecule has 2 aromatic carbocycles. The normalized spacial score (nSPS) is 22.5. The van der Waals surface area contributed by atoms with Gasteiger partial charge in [-0.15, -0.1) is 0 Å². The van der Waals surface area contributed by atoms with Crippen molar-refractivity contribution in [2.45, 2.75) is 25.9 Å². The predicted octanol–water partition coefficient (Wildman–Crippen LogP) is 2.61. The van der Waals surface area contributed by atoms with Gasteiger partial charge >= 0.3 is 0 Å². The predicted molar refractivity (Wildman–Crippen MR) is 84.0 cm³/mol. The molecule has 1 saturated heterocycles. The average Bonchev–Trinajstić information content (AvgIpc) is 2.50. The molecule has 1 N–H and O–H groups in total. The molecule has 1 aliphatic rings. The van der Waals surface area contributed by atoms with Crippen molar-refractivity contribution in [3.05, 3.63) is 48.0 Å². The van der Waals surface area contributed by atoms with E-state index < -0.39 is 0 Å². The number of hydrogen-bond donors (Lipinski definition) is 1. The summed E-state index contributed by atoms with van der Waals surface area (Å²) in [6, 6.07) is 14.3. The number of amides is 1.